The molecule has 11 rings (SSSR count). The Balaban J connectivity index is 1.08. The zero-order valence-electron chi connectivity index (χ0n) is 29.5. The van der Waals surface area contributed by atoms with Gasteiger partial charge in [-0.25, -0.2) is 0 Å². The number of hydrogen-bond acceptors (Lipinski definition) is 2. The number of para-hydroxylation sites is 5. The first kappa shape index (κ1) is 30.7. The van der Waals surface area contributed by atoms with Crippen molar-refractivity contribution in [2.24, 2.45) is 0 Å². The highest BCUT2D eigenvalue weighted by atomic mass is 15.1. The Kier molecular flexibility index (Phi) is 6.61. The lowest BCUT2D eigenvalue weighted by Crippen LogP contribution is -2.00. The van der Waals surface area contributed by atoms with Crippen molar-refractivity contribution in [3.63, 3.8) is 0 Å². The normalized spacial score (nSPS) is 11.6. The summed E-state index contributed by atoms with van der Waals surface area (Å²) >= 11 is 0. The molecular formula is C50H29N5. The molecule has 3 aromatic heterocycles. The van der Waals surface area contributed by atoms with E-state index in [1.54, 1.807) is 0 Å². The molecule has 11 aromatic rings. The summed E-state index contributed by atoms with van der Waals surface area (Å²) in [6, 6.07) is 65.9. The third kappa shape index (κ3) is 4.45. The van der Waals surface area contributed by atoms with E-state index in [0.717, 1.165) is 61.0 Å². The highest BCUT2D eigenvalue weighted by Gasteiger charge is 2.20. The van der Waals surface area contributed by atoms with Crippen molar-refractivity contribution in [3.05, 3.63) is 187 Å². The van der Waals surface area contributed by atoms with Crippen LogP contribution in [0.25, 0.3) is 93.6 Å². The molecule has 254 valence electrons. The van der Waals surface area contributed by atoms with Gasteiger partial charge in [0.25, 0.3) is 0 Å². The van der Waals surface area contributed by atoms with E-state index in [4.69, 9.17) is 0 Å². The predicted octanol–water partition coefficient (Wildman–Crippen LogP) is 12.4. The van der Waals surface area contributed by atoms with E-state index in [9.17, 15) is 10.5 Å². The summed E-state index contributed by atoms with van der Waals surface area (Å²) in [5.74, 6) is 0. The molecule has 0 saturated carbocycles. The fourth-order valence-electron chi connectivity index (χ4n) is 8.76. The molecule has 0 spiro atoms. The van der Waals surface area contributed by atoms with Gasteiger partial charge in [-0.1, -0.05) is 109 Å². The van der Waals surface area contributed by atoms with Gasteiger partial charge in [0, 0.05) is 43.7 Å². The number of rotatable bonds is 4. The summed E-state index contributed by atoms with van der Waals surface area (Å²) < 4.78 is 6.92. The van der Waals surface area contributed by atoms with Crippen LogP contribution in [0, 0.1) is 22.7 Å². The molecule has 5 nitrogen and oxygen atoms in total. The maximum atomic E-state index is 10.5. The van der Waals surface area contributed by atoms with Gasteiger partial charge in [-0.2, -0.15) is 10.5 Å². The fraction of sp³-hybridized carbons (Fsp3) is 0. The maximum absolute atomic E-state index is 10.5. The average Bonchev–Trinajstić information content (AvgIpc) is 3.89. The standard InChI is InChI=1S/C50H29N5/c51-30-32-20-26-42-40-12-1-5-15-44(40)53(49(42)28-32)36-25-27-37(34(29-36)31-52)33-21-23-35(24-22-33)54-45-16-6-4-13-41(45)43-14-9-19-48(50(43)54)55-46-17-7-2-10-38(46)39-11-3-8-18-47(39)55/h1-29H. The summed E-state index contributed by atoms with van der Waals surface area (Å²) in [6.45, 7) is 0. The third-order valence-electron chi connectivity index (χ3n) is 11.1. The molecule has 8 aromatic carbocycles. The van der Waals surface area contributed by atoms with Crippen LogP contribution in [0.1, 0.15) is 11.1 Å². The first-order valence-corrected chi connectivity index (χ1v) is 18.3. The number of benzene rings is 8. The van der Waals surface area contributed by atoms with Crippen LogP contribution in [-0.4, -0.2) is 13.7 Å². The fourth-order valence-corrected chi connectivity index (χ4v) is 8.76. The maximum Gasteiger partial charge on any atom is 0.0998 e. The lowest BCUT2D eigenvalue weighted by Gasteiger charge is -2.15. The Bertz CT molecular complexity index is 3400. The number of hydrogen-bond donors (Lipinski definition) is 0. The Morgan fingerprint density at radius 3 is 1.51 bits per heavy atom. The lowest BCUT2D eigenvalue weighted by molar-refractivity contribution is 1.13. The molecule has 0 aliphatic carbocycles. The predicted molar refractivity (Wildman–Crippen MR) is 224 cm³/mol. The van der Waals surface area contributed by atoms with Gasteiger partial charge in [0.1, 0.15) is 0 Å². The largest absolute Gasteiger partial charge is 0.309 e. The van der Waals surface area contributed by atoms with Gasteiger partial charge < -0.3 is 13.7 Å². The molecule has 0 bridgehead atoms. The SMILES string of the molecule is N#Cc1ccc2c3ccccc3n(-c3ccc(-c4ccc(-n5c6ccccc6c6cccc(-n7c8ccccc8c8ccccc87)c65)cc4)c(C#N)c3)c2c1. The molecule has 0 aliphatic heterocycles. The molecule has 3 heterocycles. The second kappa shape index (κ2) is 11.8. The smallest absolute Gasteiger partial charge is 0.0998 e. The van der Waals surface area contributed by atoms with E-state index in [-0.39, 0.29) is 0 Å². The molecule has 0 fully saturated rings. The Morgan fingerprint density at radius 2 is 0.891 bits per heavy atom. The Hall–Kier alpha value is -7.86. The minimum absolute atomic E-state index is 0.582. The summed E-state index contributed by atoms with van der Waals surface area (Å²) in [4.78, 5) is 0. The van der Waals surface area contributed by atoms with Crippen LogP contribution in [0.4, 0.5) is 0 Å². The minimum Gasteiger partial charge on any atom is -0.309 e. The Labute approximate surface area is 316 Å². The van der Waals surface area contributed by atoms with Gasteiger partial charge in [-0.05, 0) is 77.9 Å². The average molecular weight is 700 g/mol. The first-order chi connectivity index (χ1) is 27.2. The van der Waals surface area contributed by atoms with Gasteiger partial charge in [0.2, 0.25) is 0 Å². The van der Waals surface area contributed by atoms with Crippen molar-refractivity contribution >= 4 is 65.4 Å². The molecule has 0 atom stereocenters. The van der Waals surface area contributed by atoms with E-state index in [2.05, 4.69) is 159 Å². The molecule has 0 aliphatic rings. The first-order valence-electron chi connectivity index (χ1n) is 18.3. The number of fused-ring (bicyclic) bond motifs is 9. The monoisotopic (exact) mass is 699 g/mol. The quantitative estimate of drug-likeness (QED) is 0.184. The van der Waals surface area contributed by atoms with E-state index < -0.39 is 0 Å². The van der Waals surface area contributed by atoms with Gasteiger partial charge >= 0.3 is 0 Å². The van der Waals surface area contributed by atoms with Gasteiger partial charge in [-0.3, -0.25) is 0 Å². The van der Waals surface area contributed by atoms with Gasteiger partial charge in [-0.15, -0.1) is 0 Å². The van der Waals surface area contributed by atoms with E-state index in [0.29, 0.717) is 11.1 Å². The van der Waals surface area contributed by atoms with E-state index >= 15 is 0 Å². The zero-order chi connectivity index (χ0) is 36.6. The topological polar surface area (TPSA) is 62.4 Å². The Morgan fingerprint density at radius 1 is 0.364 bits per heavy atom. The van der Waals surface area contributed by atoms with Gasteiger partial charge in [0.15, 0.2) is 0 Å². The van der Waals surface area contributed by atoms with Crippen LogP contribution in [0.3, 0.4) is 0 Å². The minimum atomic E-state index is 0.582. The highest BCUT2D eigenvalue weighted by Crippen LogP contribution is 2.40. The highest BCUT2D eigenvalue weighted by molar-refractivity contribution is 6.15. The van der Waals surface area contributed by atoms with Crippen molar-refractivity contribution in [2.45, 2.75) is 0 Å². The van der Waals surface area contributed by atoms with Crippen LogP contribution >= 0.6 is 0 Å². The van der Waals surface area contributed by atoms with Crippen LogP contribution < -0.4 is 0 Å². The summed E-state index contributed by atoms with van der Waals surface area (Å²) in [6.07, 6.45) is 0. The molecule has 0 N–H and O–H groups in total. The summed E-state index contributed by atoms with van der Waals surface area (Å²) in [5.41, 5.74) is 12.6. The van der Waals surface area contributed by atoms with Crippen molar-refractivity contribution in [1.29, 1.82) is 10.5 Å². The molecule has 0 amide bonds. The molecule has 5 heteroatoms. The summed E-state index contributed by atoms with van der Waals surface area (Å²) in [5, 5.41) is 27.2. The van der Waals surface area contributed by atoms with Crippen LogP contribution in [0.15, 0.2) is 176 Å². The number of nitriles is 2. The van der Waals surface area contributed by atoms with Crippen LogP contribution in [0.5, 0.6) is 0 Å². The van der Waals surface area contributed by atoms with Gasteiger partial charge in [0.05, 0.1) is 62.1 Å². The molecular weight excluding hydrogens is 671 g/mol. The zero-order valence-corrected chi connectivity index (χ0v) is 29.5. The van der Waals surface area contributed by atoms with Crippen LogP contribution in [0.2, 0.25) is 0 Å². The number of nitrogens with zero attached hydrogens (tertiary/aromatic N) is 5. The van der Waals surface area contributed by atoms with E-state index in [1.807, 2.05) is 42.5 Å². The lowest BCUT2D eigenvalue weighted by atomic mass is 9.99. The third-order valence-corrected chi connectivity index (χ3v) is 11.1. The van der Waals surface area contributed by atoms with Crippen molar-refractivity contribution in [2.75, 3.05) is 0 Å². The van der Waals surface area contributed by atoms with Crippen LogP contribution in [-0.2, 0) is 0 Å². The molecule has 0 saturated heterocycles. The second-order valence-electron chi connectivity index (χ2n) is 14.0. The molecule has 0 unspecified atom stereocenters. The van der Waals surface area contributed by atoms with E-state index in [1.165, 1.54) is 32.6 Å². The van der Waals surface area contributed by atoms with Crippen molar-refractivity contribution in [3.8, 4) is 40.3 Å². The second-order valence-corrected chi connectivity index (χ2v) is 14.0. The van der Waals surface area contributed by atoms with Crippen molar-refractivity contribution < 1.29 is 0 Å². The van der Waals surface area contributed by atoms with Crippen molar-refractivity contribution in [1.82, 2.24) is 13.7 Å². The molecule has 0 radical (unpaired) electrons. The number of aromatic nitrogens is 3. The summed E-state index contributed by atoms with van der Waals surface area (Å²) in [7, 11) is 0. The molecule has 55 heavy (non-hydrogen) atoms.